The molecule has 7 nitrogen and oxygen atoms in total. The standard InChI is InChI=1S/C25H21ClN2O5/c1-14-6-7-16(26)11-19(14)28-22(15-5-4-10-27-13-15)21(24(30)25(28)31)23(29)18-12-17(32-2)8-9-20(18)33-3/h4-13,22,29H,1-3H3/b23-21+. The molecule has 1 amide bonds. The van der Waals surface area contributed by atoms with Crippen molar-refractivity contribution in [2.45, 2.75) is 13.0 Å². The van der Waals surface area contributed by atoms with E-state index in [0.717, 1.165) is 5.56 Å². The van der Waals surface area contributed by atoms with Crippen LogP contribution in [0.3, 0.4) is 0 Å². The van der Waals surface area contributed by atoms with E-state index in [1.165, 1.54) is 19.1 Å². The van der Waals surface area contributed by atoms with Crippen molar-refractivity contribution in [1.82, 2.24) is 4.98 Å². The molecule has 4 rings (SSSR count). The van der Waals surface area contributed by atoms with Crippen LogP contribution < -0.4 is 14.4 Å². The Kier molecular flexibility index (Phi) is 6.07. The number of aromatic nitrogens is 1. The minimum atomic E-state index is -0.924. The average molecular weight is 465 g/mol. The average Bonchev–Trinajstić information content (AvgIpc) is 3.10. The Morgan fingerprint density at radius 2 is 1.88 bits per heavy atom. The third kappa shape index (κ3) is 3.91. The lowest BCUT2D eigenvalue weighted by Crippen LogP contribution is -2.30. The molecule has 1 unspecified atom stereocenters. The fraction of sp³-hybridized carbons (Fsp3) is 0.160. The fourth-order valence-electron chi connectivity index (χ4n) is 3.92. The zero-order valence-electron chi connectivity index (χ0n) is 18.2. The number of methoxy groups -OCH3 is 2. The normalized spacial score (nSPS) is 17.3. The summed E-state index contributed by atoms with van der Waals surface area (Å²) in [7, 11) is 2.94. The molecule has 1 fully saturated rings. The van der Waals surface area contributed by atoms with E-state index < -0.39 is 17.7 Å². The summed E-state index contributed by atoms with van der Waals surface area (Å²) in [5.74, 6) is -1.21. The van der Waals surface area contributed by atoms with E-state index >= 15 is 0 Å². The van der Waals surface area contributed by atoms with Crippen molar-refractivity contribution in [3.8, 4) is 11.5 Å². The molecule has 0 saturated carbocycles. The Hall–Kier alpha value is -3.84. The van der Waals surface area contributed by atoms with Crippen LogP contribution in [0.5, 0.6) is 11.5 Å². The number of ketones is 1. The van der Waals surface area contributed by atoms with Crippen LogP contribution in [-0.4, -0.2) is 36.0 Å². The molecule has 3 aromatic rings. The van der Waals surface area contributed by atoms with E-state index in [0.29, 0.717) is 27.8 Å². The van der Waals surface area contributed by atoms with Gasteiger partial charge in [-0.05, 0) is 54.4 Å². The number of rotatable bonds is 5. The number of halogens is 1. The molecule has 1 aliphatic heterocycles. The first-order chi connectivity index (χ1) is 15.9. The van der Waals surface area contributed by atoms with Crippen molar-refractivity contribution in [2.24, 2.45) is 0 Å². The van der Waals surface area contributed by atoms with Crippen LogP contribution in [-0.2, 0) is 9.59 Å². The maximum Gasteiger partial charge on any atom is 0.300 e. The van der Waals surface area contributed by atoms with E-state index in [1.807, 2.05) is 6.92 Å². The number of anilines is 1. The van der Waals surface area contributed by atoms with Gasteiger partial charge < -0.3 is 14.6 Å². The van der Waals surface area contributed by atoms with Gasteiger partial charge in [0.15, 0.2) is 0 Å². The number of pyridine rings is 1. The number of ether oxygens (including phenoxy) is 2. The summed E-state index contributed by atoms with van der Waals surface area (Å²) in [6, 6.07) is 12.4. The maximum atomic E-state index is 13.3. The lowest BCUT2D eigenvalue weighted by molar-refractivity contribution is -0.132. The van der Waals surface area contributed by atoms with Gasteiger partial charge in [-0.15, -0.1) is 0 Å². The van der Waals surface area contributed by atoms with E-state index in [4.69, 9.17) is 21.1 Å². The third-order valence-electron chi connectivity index (χ3n) is 5.54. The molecule has 33 heavy (non-hydrogen) atoms. The summed E-state index contributed by atoms with van der Waals surface area (Å²) in [6.45, 7) is 1.82. The first kappa shape index (κ1) is 22.4. The second-order valence-electron chi connectivity index (χ2n) is 7.45. The first-order valence-corrected chi connectivity index (χ1v) is 10.4. The number of aryl methyl sites for hydroxylation is 1. The molecular weight excluding hydrogens is 444 g/mol. The Labute approximate surface area is 195 Å². The summed E-state index contributed by atoms with van der Waals surface area (Å²) in [5, 5.41) is 11.8. The maximum absolute atomic E-state index is 13.3. The van der Waals surface area contributed by atoms with E-state index in [2.05, 4.69) is 4.98 Å². The summed E-state index contributed by atoms with van der Waals surface area (Å²) < 4.78 is 10.7. The summed E-state index contributed by atoms with van der Waals surface area (Å²) in [5.41, 5.74) is 1.91. The van der Waals surface area contributed by atoms with Gasteiger partial charge in [0.2, 0.25) is 0 Å². The van der Waals surface area contributed by atoms with Gasteiger partial charge in [0, 0.05) is 23.1 Å². The van der Waals surface area contributed by atoms with E-state index in [9.17, 15) is 14.7 Å². The third-order valence-corrected chi connectivity index (χ3v) is 5.77. The highest BCUT2D eigenvalue weighted by Gasteiger charge is 2.47. The lowest BCUT2D eigenvalue weighted by Gasteiger charge is -2.26. The summed E-state index contributed by atoms with van der Waals surface area (Å²) in [4.78, 5) is 32.1. The molecule has 2 heterocycles. The lowest BCUT2D eigenvalue weighted by atomic mass is 9.95. The van der Waals surface area contributed by atoms with Gasteiger partial charge in [-0.1, -0.05) is 23.7 Å². The second kappa shape index (κ2) is 8.96. The molecule has 1 aromatic heterocycles. The number of Topliss-reactive ketones (excluding diaryl/α,β-unsaturated/α-hetero) is 1. The molecule has 2 aromatic carbocycles. The molecule has 1 saturated heterocycles. The van der Waals surface area contributed by atoms with Gasteiger partial charge >= 0.3 is 0 Å². The first-order valence-electron chi connectivity index (χ1n) is 10.1. The summed E-state index contributed by atoms with van der Waals surface area (Å²) in [6.07, 6.45) is 3.14. The van der Waals surface area contributed by atoms with Gasteiger partial charge in [-0.3, -0.25) is 19.5 Å². The van der Waals surface area contributed by atoms with Crippen LogP contribution in [0.25, 0.3) is 5.76 Å². The van der Waals surface area contributed by atoms with Crippen LogP contribution in [0.4, 0.5) is 5.69 Å². The van der Waals surface area contributed by atoms with Crippen molar-refractivity contribution in [3.05, 3.63) is 88.2 Å². The highest BCUT2D eigenvalue weighted by molar-refractivity contribution is 6.52. The fourth-order valence-corrected chi connectivity index (χ4v) is 4.09. The molecule has 1 atom stereocenters. The van der Waals surface area contributed by atoms with Crippen molar-refractivity contribution in [3.63, 3.8) is 0 Å². The van der Waals surface area contributed by atoms with Gasteiger partial charge in [0.1, 0.15) is 17.3 Å². The minimum Gasteiger partial charge on any atom is -0.507 e. The number of aliphatic hydroxyl groups excluding tert-OH is 1. The SMILES string of the molecule is COc1ccc(OC)c(/C(O)=C2\C(=O)C(=O)N(c3cc(Cl)ccc3C)C2c2cccnc2)c1. The van der Waals surface area contributed by atoms with E-state index in [-0.39, 0.29) is 16.9 Å². The Morgan fingerprint density at radius 1 is 1.09 bits per heavy atom. The van der Waals surface area contributed by atoms with Gasteiger partial charge in [0.05, 0.1) is 31.4 Å². The number of amides is 1. The topological polar surface area (TPSA) is 89.0 Å². The van der Waals surface area contributed by atoms with Crippen LogP contribution in [0.15, 0.2) is 66.5 Å². The molecule has 1 aliphatic rings. The molecule has 0 spiro atoms. The Balaban J connectivity index is 2.01. The number of carbonyl (C=O) groups is 2. The van der Waals surface area contributed by atoms with Crippen molar-refractivity contribution >= 4 is 34.7 Å². The van der Waals surface area contributed by atoms with E-state index in [1.54, 1.807) is 60.9 Å². The number of hydrogen-bond acceptors (Lipinski definition) is 6. The molecule has 0 aliphatic carbocycles. The Morgan fingerprint density at radius 3 is 2.55 bits per heavy atom. The number of nitrogens with zero attached hydrogens (tertiary/aromatic N) is 2. The van der Waals surface area contributed by atoms with Gasteiger partial charge in [0.25, 0.3) is 11.7 Å². The molecule has 0 bridgehead atoms. The highest BCUT2D eigenvalue weighted by Crippen LogP contribution is 2.44. The van der Waals surface area contributed by atoms with Crippen LogP contribution in [0.2, 0.25) is 5.02 Å². The smallest absolute Gasteiger partial charge is 0.300 e. The molecule has 168 valence electrons. The molecular formula is C25H21ClN2O5. The zero-order valence-corrected chi connectivity index (χ0v) is 19.0. The number of carbonyl (C=O) groups excluding carboxylic acids is 2. The largest absolute Gasteiger partial charge is 0.507 e. The van der Waals surface area contributed by atoms with Crippen LogP contribution in [0, 0.1) is 6.92 Å². The van der Waals surface area contributed by atoms with Crippen molar-refractivity contribution in [2.75, 3.05) is 19.1 Å². The van der Waals surface area contributed by atoms with Gasteiger partial charge in [-0.25, -0.2) is 0 Å². The summed E-state index contributed by atoms with van der Waals surface area (Å²) >= 11 is 6.21. The number of benzene rings is 2. The predicted molar refractivity (Wildman–Crippen MR) is 125 cm³/mol. The zero-order chi connectivity index (χ0) is 23.7. The van der Waals surface area contributed by atoms with Gasteiger partial charge in [-0.2, -0.15) is 0 Å². The van der Waals surface area contributed by atoms with Crippen LogP contribution in [0.1, 0.15) is 22.7 Å². The Bertz CT molecular complexity index is 1270. The minimum absolute atomic E-state index is 0.0843. The monoisotopic (exact) mass is 464 g/mol. The molecule has 1 N–H and O–H groups in total. The quantitative estimate of drug-likeness (QED) is 0.335. The highest BCUT2D eigenvalue weighted by atomic mass is 35.5. The number of hydrogen-bond donors (Lipinski definition) is 1. The molecule has 0 radical (unpaired) electrons. The molecule has 8 heteroatoms. The predicted octanol–water partition coefficient (Wildman–Crippen LogP) is 4.69. The van der Waals surface area contributed by atoms with Crippen LogP contribution >= 0.6 is 11.6 Å². The second-order valence-corrected chi connectivity index (χ2v) is 7.89. The van der Waals surface area contributed by atoms with Crippen molar-refractivity contribution < 1.29 is 24.2 Å². The number of aliphatic hydroxyl groups is 1. The van der Waals surface area contributed by atoms with Crippen molar-refractivity contribution in [1.29, 1.82) is 0 Å².